The maximum atomic E-state index is 12.7. The smallest absolute Gasteiger partial charge is 0.290 e. The summed E-state index contributed by atoms with van der Waals surface area (Å²) in [4.78, 5) is 14.4. The Morgan fingerprint density at radius 3 is 3.05 bits per heavy atom. The van der Waals surface area contributed by atoms with Crippen LogP contribution in [0.15, 0.2) is 22.6 Å². The number of aliphatic hydroxyl groups is 1. The Balaban J connectivity index is 1.98. The molecule has 2 heterocycles. The van der Waals surface area contributed by atoms with Crippen LogP contribution in [0.3, 0.4) is 0 Å². The van der Waals surface area contributed by atoms with Crippen LogP contribution in [0.25, 0.3) is 11.0 Å². The average molecular weight is 305 g/mol. The maximum absolute atomic E-state index is 12.7. The zero-order valence-electron chi connectivity index (χ0n) is 12.7. The van der Waals surface area contributed by atoms with Crippen LogP contribution in [-0.4, -0.2) is 55.4 Å². The fourth-order valence-electron chi connectivity index (χ4n) is 2.74. The Morgan fingerprint density at radius 2 is 2.32 bits per heavy atom. The Kier molecular flexibility index (Phi) is 4.04. The number of carbonyl (C=O) groups is 1. The number of morpholine rings is 1. The van der Waals surface area contributed by atoms with Crippen molar-refractivity contribution in [3.8, 4) is 5.75 Å². The maximum Gasteiger partial charge on any atom is 0.290 e. The van der Waals surface area contributed by atoms with E-state index in [1.54, 1.807) is 18.1 Å². The summed E-state index contributed by atoms with van der Waals surface area (Å²) in [5, 5.41) is 10.3. The van der Waals surface area contributed by atoms with Gasteiger partial charge in [-0.2, -0.15) is 0 Å². The Bertz CT molecular complexity index is 693. The second kappa shape index (κ2) is 5.98. The SMILES string of the molecule is COc1ccc2c(C)c(C(=O)N3CCOCC3CO)oc2c1. The van der Waals surface area contributed by atoms with Crippen LogP contribution in [0.5, 0.6) is 5.75 Å². The summed E-state index contributed by atoms with van der Waals surface area (Å²) in [6, 6.07) is 5.15. The van der Waals surface area contributed by atoms with Crippen LogP contribution in [0.4, 0.5) is 0 Å². The van der Waals surface area contributed by atoms with E-state index in [9.17, 15) is 9.90 Å². The van der Waals surface area contributed by atoms with Crippen molar-refractivity contribution in [2.24, 2.45) is 0 Å². The quantitative estimate of drug-likeness (QED) is 0.932. The molecule has 1 N–H and O–H groups in total. The number of amides is 1. The topological polar surface area (TPSA) is 72.1 Å². The van der Waals surface area contributed by atoms with Crippen molar-refractivity contribution >= 4 is 16.9 Å². The first-order valence-corrected chi connectivity index (χ1v) is 7.22. The van der Waals surface area contributed by atoms with E-state index in [4.69, 9.17) is 13.9 Å². The summed E-state index contributed by atoms with van der Waals surface area (Å²) in [5.41, 5.74) is 1.42. The number of benzene rings is 1. The third-order valence-electron chi connectivity index (χ3n) is 4.04. The van der Waals surface area contributed by atoms with E-state index in [-0.39, 0.29) is 18.6 Å². The van der Waals surface area contributed by atoms with Crippen LogP contribution < -0.4 is 4.74 Å². The molecule has 6 heteroatoms. The van der Waals surface area contributed by atoms with Gasteiger partial charge >= 0.3 is 0 Å². The number of carbonyl (C=O) groups excluding carboxylic acids is 1. The third kappa shape index (κ3) is 2.44. The van der Waals surface area contributed by atoms with E-state index < -0.39 is 0 Å². The van der Waals surface area contributed by atoms with Crippen molar-refractivity contribution in [3.05, 3.63) is 29.5 Å². The molecular weight excluding hydrogens is 286 g/mol. The number of rotatable bonds is 3. The molecule has 0 bridgehead atoms. The second-order valence-electron chi connectivity index (χ2n) is 5.33. The number of fused-ring (bicyclic) bond motifs is 1. The molecule has 0 saturated carbocycles. The number of hydrogen-bond acceptors (Lipinski definition) is 5. The molecule has 1 aliphatic heterocycles. The van der Waals surface area contributed by atoms with Gasteiger partial charge in [0.15, 0.2) is 5.76 Å². The van der Waals surface area contributed by atoms with E-state index in [1.807, 2.05) is 19.1 Å². The van der Waals surface area contributed by atoms with Crippen LogP contribution in [0, 0.1) is 6.92 Å². The van der Waals surface area contributed by atoms with Crippen molar-refractivity contribution < 1.29 is 23.8 Å². The number of furan rings is 1. The van der Waals surface area contributed by atoms with Crippen molar-refractivity contribution in [2.75, 3.05) is 33.5 Å². The minimum atomic E-state index is -0.330. The van der Waals surface area contributed by atoms with Crippen molar-refractivity contribution in [1.29, 1.82) is 0 Å². The number of methoxy groups -OCH3 is 1. The van der Waals surface area contributed by atoms with Gasteiger partial charge in [-0.15, -0.1) is 0 Å². The molecule has 1 fully saturated rings. The highest BCUT2D eigenvalue weighted by Crippen LogP contribution is 2.29. The lowest BCUT2D eigenvalue weighted by Crippen LogP contribution is -2.50. The van der Waals surface area contributed by atoms with Crippen molar-refractivity contribution in [2.45, 2.75) is 13.0 Å². The van der Waals surface area contributed by atoms with Crippen LogP contribution >= 0.6 is 0 Å². The molecule has 0 aliphatic carbocycles. The number of aryl methyl sites for hydroxylation is 1. The molecule has 1 atom stereocenters. The normalized spacial score (nSPS) is 18.7. The molecule has 22 heavy (non-hydrogen) atoms. The molecule has 1 saturated heterocycles. The number of hydrogen-bond donors (Lipinski definition) is 1. The predicted molar refractivity (Wildman–Crippen MR) is 80.2 cm³/mol. The summed E-state index contributed by atoms with van der Waals surface area (Å²) >= 11 is 0. The minimum absolute atomic E-state index is 0.126. The molecule has 1 aromatic carbocycles. The molecular formula is C16H19NO5. The highest BCUT2D eigenvalue weighted by atomic mass is 16.5. The predicted octanol–water partition coefficient (Wildman–Crippen LogP) is 1.58. The van der Waals surface area contributed by atoms with Gasteiger partial charge in [0, 0.05) is 23.6 Å². The number of aliphatic hydroxyl groups excluding tert-OH is 1. The summed E-state index contributed by atoms with van der Waals surface area (Å²) in [6.07, 6.45) is 0. The fraction of sp³-hybridized carbons (Fsp3) is 0.438. The minimum Gasteiger partial charge on any atom is -0.497 e. The van der Waals surface area contributed by atoms with Gasteiger partial charge in [-0.3, -0.25) is 4.79 Å². The lowest BCUT2D eigenvalue weighted by Gasteiger charge is -2.33. The van der Waals surface area contributed by atoms with E-state index >= 15 is 0 Å². The molecule has 1 unspecified atom stereocenters. The molecule has 118 valence electrons. The Morgan fingerprint density at radius 1 is 1.50 bits per heavy atom. The first kappa shape index (κ1) is 14.9. The van der Waals surface area contributed by atoms with Gasteiger partial charge in [0.2, 0.25) is 0 Å². The number of ether oxygens (including phenoxy) is 2. The molecule has 3 rings (SSSR count). The highest BCUT2D eigenvalue weighted by molar-refractivity contribution is 5.99. The summed E-state index contributed by atoms with van der Waals surface area (Å²) < 4.78 is 16.2. The van der Waals surface area contributed by atoms with Crippen LogP contribution in [0.1, 0.15) is 16.1 Å². The first-order chi connectivity index (χ1) is 10.7. The third-order valence-corrected chi connectivity index (χ3v) is 4.04. The standard InChI is InChI=1S/C16H19NO5/c1-10-13-4-3-12(20-2)7-14(13)22-15(10)16(19)17-5-6-21-9-11(17)8-18/h3-4,7,11,18H,5-6,8-9H2,1-2H3. The molecule has 0 radical (unpaired) electrons. The van der Waals surface area contributed by atoms with Gasteiger partial charge in [0.05, 0.1) is 33.0 Å². The van der Waals surface area contributed by atoms with Crippen molar-refractivity contribution in [3.63, 3.8) is 0 Å². The van der Waals surface area contributed by atoms with E-state index in [1.165, 1.54) is 0 Å². The molecule has 1 aliphatic rings. The number of nitrogens with zero attached hydrogens (tertiary/aromatic N) is 1. The average Bonchev–Trinajstić information content (AvgIpc) is 2.90. The molecule has 6 nitrogen and oxygen atoms in total. The Hall–Kier alpha value is -2.05. The van der Waals surface area contributed by atoms with E-state index in [2.05, 4.69) is 0 Å². The zero-order valence-corrected chi connectivity index (χ0v) is 12.7. The molecule has 2 aromatic rings. The summed E-state index contributed by atoms with van der Waals surface area (Å²) in [7, 11) is 1.59. The van der Waals surface area contributed by atoms with Gasteiger partial charge < -0.3 is 23.9 Å². The fourth-order valence-corrected chi connectivity index (χ4v) is 2.74. The molecule has 1 amide bonds. The van der Waals surface area contributed by atoms with Crippen molar-refractivity contribution in [1.82, 2.24) is 4.90 Å². The largest absolute Gasteiger partial charge is 0.497 e. The summed E-state index contributed by atoms with van der Waals surface area (Å²) in [5.74, 6) is 0.776. The molecule has 1 aromatic heterocycles. The van der Waals surface area contributed by atoms with Gasteiger partial charge in [0.1, 0.15) is 11.3 Å². The van der Waals surface area contributed by atoms with Gasteiger partial charge in [0.25, 0.3) is 5.91 Å². The zero-order chi connectivity index (χ0) is 15.7. The monoisotopic (exact) mass is 305 g/mol. The highest BCUT2D eigenvalue weighted by Gasteiger charge is 2.31. The van der Waals surface area contributed by atoms with Crippen LogP contribution in [0.2, 0.25) is 0 Å². The van der Waals surface area contributed by atoms with E-state index in [0.717, 1.165) is 10.9 Å². The Labute approximate surface area is 128 Å². The first-order valence-electron chi connectivity index (χ1n) is 7.22. The lowest BCUT2D eigenvalue weighted by atomic mass is 10.1. The van der Waals surface area contributed by atoms with Gasteiger partial charge in [-0.25, -0.2) is 0 Å². The van der Waals surface area contributed by atoms with Gasteiger partial charge in [-0.05, 0) is 19.1 Å². The molecule has 0 spiro atoms. The second-order valence-corrected chi connectivity index (χ2v) is 5.33. The van der Waals surface area contributed by atoms with E-state index in [0.29, 0.717) is 36.9 Å². The lowest BCUT2D eigenvalue weighted by molar-refractivity contribution is -0.0196. The summed E-state index contributed by atoms with van der Waals surface area (Å²) in [6.45, 7) is 2.99. The van der Waals surface area contributed by atoms with Crippen LogP contribution in [-0.2, 0) is 4.74 Å². The van der Waals surface area contributed by atoms with Gasteiger partial charge in [-0.1, -0.05) is 0 Å².